The summed E-state index contributed by atoms with van der Waals surface area (Å²) in [5.41, 5.74) is 3.38. The normalized spacial score (nSPS) is 17.9. The maximum atomic E-state index is 13.6. The number of nitrogens with two attached hydrogens (primary N) is 1. The second-order valence-electron chi connectivity index (χ2n) is 9.46. The first kappa shape index (κ1) is 30.7. The van der Waals surface area contributed by atoms with Gasteiger partial charge in [0.2, 0.25) is 15.9 Å². The SMILES string of the molecule is C=CCNC(C)(C(=O)O)C(=O)[C@H](CC(=O)NCC1COCCN1C(=N)N)NS(=O)(=O)c1ccc2ccccc2c1. The number of nitrogens with zero attached hydrogens (tertiary/aromatic N) is 1. The van der Waals surface area contributed by atoms with Crippen LogP contribution in [0.5, 0.6) is 0 Å². The average molecular weight is 575 g/mol. The minimum Gasteiger partial charge on any atom is -0.480 e. The van der Waals surface area contributed by atoms with Crippen molar-refractivity contribution in [3.8, 4) is 0 Å². The molecule has 2 aromatic rings. The van der Waals surface area contributed by atoms with E-state index in [2.05, 4.69) is 21.9 Å². The molecule has 1 amide bonds. The van der Waals surface area contributed by atoms with E-state index in [1.807, 2.05) is 6.07 Å². The highest BCUT2D eigenvalue weighted by atomic mass is 32.2. The summed E-state index contributed by atoms with van der Waals surface area (Å²) in [6, 6.07) is 9.29. The molecular weight excluding hydrogens is 540 g/mol. The lowest BCUT2D eigenvalue weighted by atomic mass is 9.90. The van der Waals surface area contributed by atoms with E-state index in [1.54, 1.807) is 29.2 Å². The van der Waals surface area contributed by atoms with Gasteiger partial charge in [-0.3, -0.25) is 20.3 Å². The molecule has 0 saturated carbocycles. The number of morpholine rings is 1. The summed E-state index contributed by atoms with van der Waals surface area (Å²) in [5, 5.41) is 24.2. The molecule has 1 heterocycles. The Kier molecular flexibility index (Phi) is 9.98. The van der Waals surface area contributed by atoms with E-state index in [-0.39, 0.29) is 30.6 Å². The zero-order valence-electron chi connectivity index (χ0n) is 22.1. The molecule has 3 atom stereocenters. The van der Waals surface area contributed by atoms with E-state index in [0.29, 0.717) is 18.5 Å². The third-order valence-corrected chi connectivity index (χ3v) is 8.10. The maximum Gasteiger partial charge on any atom is 0.331 e. The van der Waals surface area contributed by atoms with Gasteiger partial charge in [0, 0.05) is 19.6 Å². The van der Waals surface area contributed by atoms with Gasteiger partial charge < -0.3 is 25.8 Å². The highest BCUT2D eigenvalue weighted by molar-refractivity contribution is 7.89. The van der Waals surface area contributed by atoms with Crippen LogP contribution in [0.25, 0.3) is 10.8 Å². The van der Waals surface area contributed by atoms with Crippen molar-refractivity contribution in [2.45, 2.75) is 35.9 Å². The fourth-order valence-electron chi connectivity index (χ4n) is 4.30. The number of ether oxygens (including phenoxy) is 1. The molecule has 0 bridgehead atoms. The number of nitrogens with one attached hydrogen (secondary N) is 4. The van der Waals surface area contributed by atoms with Gasteiger partial charge in [-0.05, 0) is 29.8 Å². The van der Waals surface area contributed by atoms with Crippen molar-refractivity contribution in [1.29, 1.82) is 5.41 Å². The number of benzene rings is 2. The molecule has 1 aliphatic heterocycles. The van der Waals surface area contributed by atoms with Gasteiger partial charge in [0.05, 0.1) is 36.6 Å². The molecule has 0 aliphatic carbocycles. The predicted molar refractivity (Wildman–Crippen MR) is 148 cm³/mol. The number of sulfonamides is 1. The number of ketones is 1. The number of carboxylic acid groups (broad SMARTS) is 1. The zero-order chi connectivity index (χ0) is 29.5. The number of carbonyl (C=O) groups is 3. The molecule has 13 nitrogen and oxygen atoms in total. The van der Waals surface area contributed by atoms with Crippen LogP contribution in [-0.4, -0.2) is 92.5 Å². The largest absolute Gasteiger partial charge is 0.480 e. The van der Waals surface area contributed by atoms with Crippen molar-refractivity contribution >= 4 is 44.4 Å². The Morgan fingerprint density at radius 1 is 1.27 bits per heavy atom. The molecule has 7 N–H and O–H groups in total. The van der Waals surface area contributed by atoms with Gasteiger partial charge in [0.15, 0.2) is 17.3 Å². The van der Waals surface area contributed by atoms with Crippen LogP contribution in [0.2, 0.25) is 0 Å². The summed E-state index contributed by atoms with van der Waals surface area (Å²) in [6.45, 7) is 5.46. The molecule has 0 radical (unpaired) electrons. The van der Waals surface area contributed by atoms with Crippen molar-refractivity contribution < 1.29 is 32.6 Å². The number of aliphatic carboxylic acids is 1. The van der Waals surface area contributed by atoms with Crippen molar-refractivity contribution in [1.82, 2.24) is 20.3 Å². The molecule has 1 aliphatic rings. The zero-order valence-corrected chi connectivity index (χ0v) is 22.9. The second-order valence-corrected chi connectivity index (χ2v) is 11.2. The van der Waals surface area contributed by atoms with Crippen LogP contribution in [-0.2, 0) is 29.1 Å². The van der Waals surface area contributed by atoms with Crippen molar-refractivity contribution in [2.24, 2.45) is 5.73 Å². The van der Waals surface area contributed by atoms with Crippen LogP contribution in [0.4, 0.5) is 0 Å². The number of carbonyl (C=O) groups excluding carboxylic acids is 2. The highest BCUT2D eigenvalue weighted by Gasteiger charge is 2.46. The van der Waals surface area contributed by atoms with Gasteiger partial charge in [-0.15, -0.1) is 6.58 Å². The number of guanidine groups is 1. The van der Waals surface area contributed by atoms with Crippen LogP contribution < -0.4 is 21.1 Å². The standard InChI is InChI=1S/C26H34N6O7S/c1-3-10-30-26(2,24(35)36)23(34)21(14-22(33)29-15-19-16-39-12-11-32(19)25(27)28)31-40(37,38)20-9-8-17-6-4-5-7-18(17)13-20/h3-9,13,19,21,30-31H,1,10-12,14-16H2,2H3,(H3,27,28)(H,29,33)(H,35,36)/t19?,21-,26?/m0/s1. The first-order valence-electron chi connectivity index (χ1n) is 12.5. The first-order valence-corrected chi connectivity index (χ1v) is 14.0. The molecule has 14 heteroatoms. The third-order valence-electron chi connectivity index (χ3n) is 6.63. The lowest BCUT2D eigenvalue weighted by molar-refractivity contribution is -0.150. The number of Topliss-reactive ketones (excluding diaryl/α,β-unsaturated/α-hetero) is 1. The lowest BCUT2D eigenvalue weighted by Gasteiger charge is -2.36. The number of hydrogen-bond acceptors (Lipinski definition) is 8. The van der Waals surface area contributed by atoms with Crippen LogP contribution >= 0.6 is 0 Å². The van der Waals surface area contributed by atoms with E-state index in [4.69, 9.17) is 15.9 Å². The van der Waals surface area contributed by atoms with Gasteiger partial charge in [-0.1, -0.05) is 36.4 Å². The van der Waals surface area contributed by atoms with Gasteiger partial charge in [0.25, 0.3) is 0 Å². The summed E-state index contributed by atoms with van der Waals surface area (Å²) in [6.07, 6.45) is 0.667. The molecule has 40 heavy (non-hydrogen) atoms. The minimum atomic E-state index is -4.37. The van der Waals surface area contributed by atoms with Crippen LogP contribution in [0.3, 0.4) is 0 Å². The van der Waals surface area contributed by atoms with E-state index in [0.717, 1.165) is 12.3 Å². The second kappa shape index (κ2) is 13.0. The predicted octanol–water partition coefficient (Wildman–Crippen LogP) is -0.225. The monoisotopic (exact) mass is 574 g/mol. The number of amides is 1. The topological polar surface area (TPSA) is 204 Å². The van der Waals surface area contributed by atoms with Crippen molar-refractivity contribution in [3.63, 3.8) is 0 Å². The highest BCUT2D eigenvalue weighted by Crippen LogP contribution is 2.21. The molecule has 0 spiro atoms. The third kappa shape index (κ3) is 7.21. The maximum absolute atomic E-state index is 13.6. The van der Waals surface area contributed by atoms with Crippen molar-refractivity contribution in [3.05, 3.63) is 55.1 Å². The van der Waals surface area contributed by atoms with E-state index < -0.39 is 51.7 Å². The minimum absolute atomic E-state index is 0.00165. The Hall–Kier alpha value is -3.85. The number of carboxylic acids is 1. The Morgan fingerprint density at radius 3 is 2.62 bits per heavy atom. The summed E-state index contributed by atoms with van der Waals surface area (Å²) in [5.74, 6) is -3.52. The molecule has 1 fully saturated rings. The van der Waals surface area contributed by atoms with Crippen LogP contribution in [0.1, 0.15) is 13.3 Å². The van der Waals surface area contributed by atoms with E-state index in [9.17, 15) is 27.9 Å². The number of rotatable bonds is 13. The molecule has 2 unspecified atom stereocenters. The van der Waals surface area contributed by atoms with E-state index in [1.165, 1.54) is 18.2 Å². The molecule has 2 aromatic carbocycles. The fraction of sp³-hybridized carbons (Fsp3) is 0.385. The smallest absolute Gasteiger partial charge is 0.331 e. The Bertz CT molecular complexity index is 1400. The quantitative estimate of drug-likeness (QED) is 0.0803. The van der Waals surface area contributed by atoms with Gasteiger partial charge in [-0.2, -0.15) is 0 Å². The number of fused-ring (bicyclic) bond motifs is 1. The van der Waals surface area contributed by atoms with Gasteiger partial charge in [-0.25, -0.2) is 17.9 Å². The molecular formula is C26H34N6O7S. The van der Waals surface area contributed by atoms with Crippen molar-refractivity contribution in [2.75, 3.05) is 32.8 Å². The molecule has 3 rings (SSSR count). The summed E-state index contributed by atoms with van der Waals surface area (Å²) >= 11 is 0. The first-order chi connectivity index (χ1) is 18.9. The molecule has 216 valence electrons. The molecule has 1 saturated heterocycles. The average Bonchev–Trinajstić information content (AvgIpc) is 2.93. The van der Waals surface area contributed by atoms with Gasteiger partial charge in [0.1, 0.15) is 0 Å². The van der Waals surface area contributed by atoms with E-state index >= 15 is 0 Å². The lowest BCUT2D eigenvalue weighted by Crippen LogP contribution is -2.62. The van der Waals surface area contributed by atoms with Crippen LogP contribution in [0, 0.1) is 5.41 Å². The number of hydrogen-bond donors (Lipinski definition) is 6. The van der Waals surface area contributed by atoms with Crippen LogP contribution in [0.15, 0.2) is 60.0 Å². The Morgan fingerprint density at radius 2 is 1.98 bits per heavy atom. The summed E-state index contributed by atoms with van der Waals surface area (Å²) < 4.78 is 34.4. The summed E-state index contributed by atoms with van der Waals surface area (Å²) in [4.78, 5) is 40.0. The Balaban J connectivity index is 1.87. The Labute approximate surface area is 232 Å². The molecule has 0 aromatic heterocycles. The van der Waals surface area contributed by atoms with Gasteiger partial charge >= 0.3 is 5.97 Å². The fourth-order valence-corrected chi connectivity index (χ4v) is 5.53. The summed E-state index contributed by atoms with van der Waals surface area (Å²) in [7, 11) is -4.37.